The van der Waals surface area contributed by atoms with E-state index in [0.29, 0.717) is 30.2 Å². The molecule has 2 fully saturated rings. The number of nitrogens with one attached hydrogen (secondary N) is 1. The maximum atomic E-state index is 13.2. The highest BCUT2D eigenvalue weighted by molar-refractivity contribution is 7.53. The first-order chi connectivity index (χ1) is 14.8. The van der Waals surface area contributed by atoms with Gasteiger partial charge in [-0.1, -0.05) is 23.7 Å². The van der Waals surface area contributed by atoms with Crippen molar-refractivity contribution >= 4 is 36.3 Å². The molecule has 1 aromatic carbocycles. The maximum Gasteiger partial charge on any atom is 0.356 e. The van der Waals surface area contributed by atoms with E-state index >= 15 is 0 Å². The van der Waals surface area contributed by atoms with Crippen LogP contribution in [0.15, 0.2) is 35.4 Å². The normalized spacial score (nSPS) is 25.0. The molecule has 10 nitrogen and oxygen atoms in total. The summed E-state index contributed by atoms with van der Waals surface area (Å²) in [6, 6.07) is 7.30. The first kappa shape index (κ1) is 20.7. The molecule has 1 aliphatic carbocycles. The predicted octanol–water partition coefficient (Wildman–Crippen LogP) is 3.23. The molecule has 2 unspecified atom stereocenters. The Bertz CT molecular complexity index is 1240. The first-order valence-corrected chi connectivity index (χ1v) is 12.0. The van der Waals surface area contributed by atoms with E-state index in [1.54, 1.807) is 16.7 Å². The molecule has 1 aliphatic heterocycles. The molecule has 1 saturated heterocycles. The maximum absolute atomic E-state index is 13.2. The number of H-pyrrole nitrogens is 1. The number of nitrogen functional groups attached to an aromatic ring is 1. The lowest BCUT2D eigenvalue weighted by Crippen LogP contribution is -2.25. The van der Waals surface area contributed by atoms with Crippen LogP contribution in [-0.4, -0.2) is 38.1 Å². The molecule has 31 heavy (non-hydrogen) atoms. The van der Waals surface area contributed by atoms with Crippen molar-refractivity contribution < 1.29 is 18.3 Å². The summed E-state index contributed by atoms with van der Waals surface area (Å²) in [5.74, 6) is 0.0190. The molecule has 3 aromatic rings. The highest BCUT2D eigenvalue weighted by atomic mass is 35.5. The van der Waals surface area contributed by atoms with Gasteiger partial charge in [0.15, 0.2) is 11.2 Å². The van der Waals surface area contributed by atoms with Gasteiger partial charge in [-0.2, -0.15) is 4.98 Å². The molecule has 0 spiro atoms. The number of aromatic amines is 1. The number of ether oxygens (including phenoxy) is 1. The summed E-state index contributed by atoms with van der Waals surface area (Å²) in [6.45, 7) is 0.708. The van der Waals surface area contributed by atoms with Gasteiger partial charge >= 0.3 is 7.60 Å². The van der Waals surface area contributed by atoms with E-state index in [4.69, 9.17) is 31.1 Å². The van der Waals surface area contributed by atoms with E-state index in [1.807, 2.05) is 12.1 Å². The average molecular weight is 466 g/mol. The van der Waals surface area contributed by atoms with Gasteiger partial charge < -0.3 is 19.6 Å². The van der Waals surface area contributed by atoms with E-state index in [9.17, 15) is 9.36 Å². The second-order valence-electron chi connectivity index (χ2n) is 7.83. The van der Waals surface area contributed by atoms with E-state index in [-0.39, 0.29) is 23.9 Å². The lowest BCUT2D eigenvalue weighted by molar-refractivity contribution is 0.0148. The highest BCUT2D eigenvalue weighted by Gasteiger charge is 2.47. The summed E-state index contributed by atoms with van der Waals surface area (Å²) in [7, 11) is -3.44. The Labute approximate surface area is 182 Å². The molecular weight excluding hydrogens is 445 g/mol. The third-order valence-corrected chi connectivity index (χ3v) is 7.30. The second-order valence-corrected chi connectivity index (χ2v) is 10.2. The summed E-state index contributed by atoms with van der Waals surface area (Å²) in [6.07, 6.45) is 3.12. The third kappa shape index (κ3) is 4.26. The molecule has 2 atom stereocenters. The molecule has 2 aromatic heterocycles. The zero-order valence-electron chi connectivity index (χ0n) is 16.5. The smallest absolute Gasteiger partial charge is 0.356 e. The number of halogens is 1. The van der Waals surface area contributed by atoms with Crippen molar-refractivity contribution in [2.24, 2.45) is 0 Å². The lowest BCUT2D eigenvalue weighted by Gasteiger charge is -2.31. The third-order valence-electron chi connectivity index (χ3n) is 5.46. The standard InChI is InChI=1S/C19H21ClN5O5P/c20-13-3-1-2-12(8-13)14-4-7-29-31(27,30-14)11-28-19(5-6-19)9-25-10-22-15-16(25)23-18(21)24-17(15)26/h1-3,8,10,14H,4-7,9,11H2,(H3,21,23,24,26). The minimum Gasteiger partial charge on any atom is -0.369 e. The molecule has 0 radical (unpaired) electrons. The number of rotatable bonds is 6. The molecule has 164 valence electrons. The van der Waals surface area contributed by atoms with Crippen LogP contribution in [0.25, 0.3) is 11.2 Å². The van der Waals surface area contributed by atoms with Gasteiger partial charge in [0.2, 0.25) is 5.95 Å². The SMILES string of the molecule is Nc1nc2c(ncn2CC2(OCP3(=O)OCCC(c4cccc(Cl)c4)O3)CC2)c(=O)[nH]1. The van der Waals surface area contributed by atoms with Gasteiger partial charge in [0.25, 0.3) is 5.56 Å². The molecule has 5 rings (SSSR count). The number of aromatic nitrogens is 4. The first-order valence-electron chi connectivity index (χ1n) is 9.87. The van der Waals surface area contributed by atoms with Crippen LogP contribution >= 0.6 is 19.2 Å². The van der Waals surface area contributed by atoms with Gasteiger partial charge in [0.1, 0.15) is 6.35 Å². The van der Waals surface area contributed by atoms with Gasteiger partial charge in [0, 0.05) is 11.4 Å². The fourth-order valence-corrected chi connectivity index (χ4v) is 5.50. The highest BCUT2D eigenvalue weighted by Crippen LogP contribution is 2.58. The van der Waals surface area contributed by atoms with E-state index in [1.165, 1.54) is 6.33 Å². The Morgan fingerprint density at radius 3 is 3.03 bits per heavy atom. The average Bonchev–Trinajstić information content (AvgIpc) is 3.39. The Morgan fingerprint density at radius 2 is 2.26 bits per heavy atom. The number of fused-ring (bicyclic) bond motifs is 1. The van der Waals surface area contributed by atoms with E-state index < -0.39 is 18.8 Å². The quantitative estimate of drug-likeness (QED) is 0.530. The van der Waals surface area contributed by atoms with Gasteiger partial charge in [-0.3, -0.25) is 18.9 Å². The summed E-state index contributed by atoms with van der Waals surface area (Å²) < 4.78 is 32.3. The second kappa shape index (κ2) is 7.72. The number of anilines is 1. The largest absolute Gasteiger partial charge is 0.369 e. The van der Waals surface area contributed by atoms with Crippen molar-refractivity contribution in [2.45, 2.75) is 37.5 Å². The minimum absolute atomic E-state index is 0.0190. The predicted molar refractivity (Wildman–Crippen MR) is 114 cm³/mol. The topological polar surface area (TPSA) is 134 Å². The van der Waals surface area contributed by atoms with Crippen molar-refractivity contribution in [3.63, 3.8) is 0 Å². The molecular formula is C19H21ClN5O5P. The Hall–Kier alpha value is -2.23. The van der Waals surface area contributed by atoms with Crippen LogP contribution in [0.4, 0.5) is 5.95 Å². The van der Waals surface area contributed by atoms with Crippen LogP contribution in [0.1, 0.15) is 30.9 Å². The van der Waals surface area contributed by atoms with Crippen molar-refractivity contribution in [3.05, 3.63) is 51.5 Å². The Kier molecular flexibility index (Phi) is 5.15. The molecule has 3 heterocycles. The summed E-state index contributed by atoms with van der Waals surface area (Å²) in [4.78, 5) is 22.7. The van der Waals surface area contributed by atoms with Gasteiger partial charge in [-0.25, -0.2) is 4.98 Å². The molecule has 1 saturated carbocycles. The zero-order valence-corrected chi connectivity index (χ0v) is 18.1. The van der Waals surface area contributed by atoms with Crippen LogP contribution in [0.2, 0.25) is 5.02 Å². The van der Waals surface area contributed by atoms with Crippen LogP contribution in [-0.2, 0) is 24.9 Å². The fraction of sp³-hybridized carbons (Fsp3) is 0.421. The van der Waals surface area contributed by atoms with Crippen molar-refractivity contribution in [1.82, 2.24) is 19.5 Å². The monoisotopic (exact) mass is 465 g/mol. The minimum atomic E-state index is -3.44. The molecule has 3 N–H and O–H groups in total. The van der Waals surface area contributed by atoms with Crippen molar-refractivity contribution in [1.29, 1.82) is 0 Å². The number of nitrogens with two attached hydrogens (primary N) is 1. The lowest BCUT2D eigenvalue weighted by atomic mass is 10.1. The number of nitrogens with zero attached hydrogens (tertiary/aromatic N) is 3. The number of hydrogen-bond acceptors (Lipinski definition) is 8. The molecule has 0 bridgehead atoms. The fourth-order valence-electron chi connectivity index (χ4n) is 3.68. The Balaban J connectivity index is 1.28. The van der Waals surface area contributed by atoms with Crippen LogP contribution in [0, 0.1) is 0 Å². The van der Waals surface area contributed by atoms with E-state index in [2.05, 4.69) is 15.0 Å². The summed E-state index contributed by atoms with van der Waals surface area (Å²) in [5, 5.41) is 0.594. The van der Waals surface area contributed by atoms with Crippen LogP contribution in [0.3, 0.4) is 0 Å². The van der Waals surface area contributed by atoms with Crippen molar-refractivity contribution in [2.75, 3.05) is 18.7 Å². The molecule has 0 amide bonds. The van der Waals surface area contributed by atoms with E-state index in [0.717, 1.165) is 18.4 Å². The molecule has 12 heteroatoms. The Morgan fingerprint density at radius 1 is 1.42 bits per heavy atom. The van der Waals surface area contributed by atoms with Gasteiger partial charge in [0.05, 0.1) is 31.2 Å². The van der Waals surface area contributed by atoms with Crippen LogP contribution < -0.4 is 11.3 Å². The number of imidazole rings is 1. The van der Waals surface area contributed by atoms with Gasteiger partial charge in [-0.05, 0) is 30.5 Å². The van der Waals surface area contributed by atoms with Gasteiger partial charge in [-0.15, -0.1) is 0 Å². The zero-order chi connectivity index (χ0) is 21.6. The summed E-state index contributed by atoms with van der Waals surface area (Å²) >= 11 is 6.07. The summed E-state index contributed by atoms with van der Waals surface area (Å²) in [5.41, 5.74) is 6.17. The number of benzene rings is 1. The number of hydrogen-bond donors (Lipinski definition) is 2. The van der Waals surface area contributed by atoms with Crippen LogP contribution in [0.5, 0.6) is 0 Å². The van der Waals surface area contributed by atoms with Crippen molar-refractivity contribution in [3.8, 4) is 0 Å². The molecule has 2 aliphatic rings.